The van der Waals surface area contributed by atoms with Gasteiger partial charge in [0, 0.05) is 31.0 Å². The Labute approximate surface area is 206 Å². The molecular weight excluding hydrogens is 444 g/mol. The molecule has 0 bridgehead atoms. The molecule has 35 heavy (non-hydrogen) atoms. The molecule has 3 unspecified atom stereocenters. The van der Waals surface area contributed by atoms with Crippen molar-refractivity contribution in [3.05, 3.63) is 59.7 Å². The zero-order valence-corrected chi connectivity index (χ0v) is 20.4. The fourth-order valence-corrected chi connectivity index (χ4v) is 5.70. The van der Waals surface area contributed by atoms with Crippen molar-refractivity contribution in [1.29, 1.82) is 0 Å². The molecule has 0 aliphatic heterocycles. The number of benzene rings is 2. The summed E-state index contributed by atoms with van der Waals surface area (Å²) in [6.07, 6.45) is 2.35. The second kappa shape index (κ2) is 10.9. The molecule has 186 valence electrons. The third-order valence-electron chi connectivity index (χ3n) is 7.41. The van der Waals surface area contributed by atoms with Crippen molar-refractivity contribution < 1.29 is 24.2 Å². The maximum Gasteiger partial charge on any atom is 0.407 e. The van der Waals surface area contributed by atoms with Crippen LogP contribution < -0.4 is 5.32 Å². The zero-order valence-electron chi connectivity index (χ0n) is 20.4. The Morgan fingerprint density at radius 1 is 1.06 bits per heavy atom. The van der Waals surface area contributed by atoms with E-state index in [1.165, 1.54) is 22.3 Å². The molecule has 2 aliphatic rings. The topological polar surface area (TPSA) is 95.9 Å². The van der Waals surface area contributed by atoms with Gasteiger partial charge in [0.2, 0.25) is 5.91 Å². The highest BCUT2D eigenvalue weighted by atomic mass is 16.5. The van der Waals surface area contributed by atoms with Crippen LogP contribution in [0.3, 0.4) is 0 Å². The van der Waals surface area contributed by atoms with Gasteiger partial charge in [0.25, 0.3) is 0 Å². The molecule has 4 rings (SSSR count). The van der Waals surface area contributed by atoms with Crippen LogP contribution in [0, 0.1) is 5.92 Å². The van der Waals surface area contributed by atoms with Crippen molar-refractivity contribution in [3.63, 3.8) is 0 Å². The Balaban J connectivity index is 1.34. The number of carboxylic acid groups (broad SMARTS) is 1. The van der Waals surface area contributed by atoms with Crippen LogP contribution >= 0.6 is 0 Å². The van der Waals surface area contributed by atoms with Gasteiger partial charge in [-0.1, -0.05) is 55.0 Å². The van der Waals surface area contributed by atoms with E-state index in [0.717, 1.165) is 19.3 Å². The molecule has 2 amide bonds. The molecule has 0 heterocycles. The average molecular weight is 479 g/mol. The van der Waals surface area contributed by atoms with Crippen LogP contribution in [-0.2, 0) is 14.3 Å². The predicted octanol–water partition coefficient (Wildman–Crippen LogP) is 4.80. The normalized spacial score (nSPS) is 19.5. The molecule has 2 aromatic rings. The maximum absolute atomic E-state index is 12.9. The summed E-state index contributed by atoms with van der Waals surface area (Å²) < 4.78 is 5.69. The first-order chi connectivity index (χ1) is 16.9. The van der Waals surface area contributed by atoms with E-state index in [1.54, 1.807) is 11.8 Å². The van der Waals surface area contributed by atoms with Crippen LogP contribution in [0.2, 0.25) is 0 Å². The Hall–Kier alpha value is -3.35. The van der Waals surface area contributed by atoms with Crippen LogP contribution in [0.15, 0.2) is 48.5 Å². The highest BCUT2D eigenvalue weighted by molar-refractivity contribution is 5.79. The third-order valence-corrected chi connectivity index (χ3v) is 7.41. The predicted molar refractivity (Wildman–Crippen MR) is 133 cm³/mol. The molecule has 3 atom stereocenters. The van der Waals surface area contributed by atoms with E-state index >= 15 is 0 Å². The molecule has 2 N–H and O–H groups in total. The quantitative estimate of drug-likeness (QED) is 0.540. The first-order valence-electron chi connectivity index (χ1n) is 12.5. The molecule has 0 spiro atoms. The number of carbonyl (C=O) groups excluding carboxylic acids is 2. The summed E-state index contributed by atoms with van der Waals surface area (Å²) in [5.74, 6) is -0.955. The maximum atomic E-state index is 12.9. The van der Waals surface area contributed by atoms with E-state index < -0.39 is 12.1 Å². The van der Waals surface area contributed by atoms with Gasteiger partial charge in [0.05, 0.1) is 6.42 Å². The summed E-state index contributed by atoms with van der Waals surface area (Å²) in [7, 11) is 0. The van der Waals surface area contributed by atoms with Gasteiger partial charge in [-0.3, -0.25) is 9.59 Å². The summed E-state index contributed by atoms with van der Waals surface area (Å²) in [5.41, 5.74) is 4.70. The fraction of sp³-hybridized carbons (Fsp3) is 0.464. The number of amides is 2. The lowest BCUT2D eigenvalue weighted by atomic mass is 9.98. The number of ether oxygens (including phenoxy) is 1. The van der Waals surface area contributed by atoms with Crippen molar-refractivity contribution in [3.8, 4) is 11.1 Å². The van der Waals surface area contributed by atoms with Crippen molar-refractivity contribution in [2.24, 2.45) is 5.92 Å². The number of rotatable bonds is 9. The monoisotopic (exact) mass is 478 g/mol. The molecule has 0 saturated heterocycles. The molecule has 2 aromatic carbocycles. The highest BCUT2D eigenvalue weighted by Gasteiger charge is 2.34. The van der Waals surface area contributed by atoms with E-state index in [2.05, 4.69) is 29.6 Å². The van der Waals surface area contributed by atoms with Gasteiger partial charge in [-0.25, -0.2) is 4.79 Å². The largest absolute Gasteiger partial charge is 0.481 e. The molecular formula is C28H34N2O5. The lowest BCUT2D eigenvalue weighted by Gasteiger charge is -2.29. The zero-order chi connectivity index (χ0) is 24.9. The second-order valence-electron chi connectivity index (χ2n) is 9.60. The number of carboxylic acids is 1. The van der Waals surface area contributed by atoms with Gasteiger partial charge < -0.3 is 20.1 Å². The lowest BCUT2D eigenvalue weighted by Crippen LogP contribution is -2.43. The van der Waals surface area contributed by atoms with Crippen LogP contribution in [-0.4, -0.2) is 53.2 Å². The number of nitrogens with one attached hydrogen (secondary N) is 1. The number of aliphatic carboxylic acids is 1. The van der Waals surface area contributed by atoms with Gasteiger partial charge in [-0.05, 0) is 54.9 Å². The van der Waals surface area contributed by atoms with Crippen LogP contribution in [0.25, 0.3) is 11.1 Å². The van der Waals surface area contributed by atoms with Crippen molar-refractivity contribution in [1.82, 2.24) is 10.2 Å². The molecule has 2 aliphatic carbocycles. The van der Waals surface area contributed by atoms with Crippen molar-refractivity contribution in [2.75, 3.05) is 13.2 Å². The number of carbonyl (C=O) groups is 3. The molecule has 0 radical (unpaired) electrons. The SMILES string of the molecule is CCN(C(=O)CC1CCCC1NC(=O)OCC1c2ccccc2-c2ccccc21)C(C)CC(=O)O. The summed E-state index contributed by atoms with van der Waals surface area (Å²) in [5, 5.41) is 12.1. The van der Waals surface area contributed by atoms with Gasteiger partial charge in [0.15, 0.2) is 0 Å². The Bertz CT molecular complexity index is 1040. The van der Waals surface area contributed by atoms with E-state index in [4.69, 9.17) is 9.84 Å². The Kier molecular flexibility index (Phi) is 7.73. The highest BCUT2D eigenvalue weighted by Crippen LogP contribution is 2.44. The van der Waals surface area contributed by atoms with E-state index in [9.17, 15) is 14.4 Å². The smallest absolute Gasteiger partial charge is 0.407 e. The number of hydrogen-bond acceptors (Lipinski definition) is 4. The number of fused-ring (bicyclic) bond motifs is 3. The first kappa shape index (κ1) is 24.8. The average Bonchev–Trinajstić information content (AvgIpc) is 3.39. The van der Waals surface area contributed by atoms with E-state index in [1.807, 2.05) is 31.2 Å². The Morgan fingerprint density at radius 2 is 1.69 bits per heavy atom. The minimum Gasteiger partial charge on any atom is -0.481 e. The fourth-order valence-electron chi connectivity index (χ4n) is 5.70. The number of nitrogens with zero attached hydrogens (tertiary/aromatic N) is 1. The van der Waals surface area contributed by atoms with Crippen molar-refractivity contribution in [2.45, 2.75) is 64.0 Å². The summed E-state index contributed by atoms with van der Waals surface area (Å²) in [4.78, 5) is 38.3. The molecule has 7 nitrogen and oxygen atoms in total. The second-order valence-corrected chi connectivity index (χ2v) is 9.60. The summed E-state index contributed by atoms with van der Waals surface area (Å²) >= 11 is 0. The minimum absolute atomic E-state index is 0.00272. The molecule has 1 fully saturated rings. The number of hydrogen-bond donors (Lipinski definition) is 2. The van der Waals surface area contributed by atoms with Gasteiger partial charge in [-0.15, -0.1) is 0 Å². The van der Waals surface area contributed by atoms with Gasteiger partial charge in [0.1, 0.15) is 6.61 Å². The van der Waals surface area contributed by atoms with Crippen LogP contribution in [0.1, 0.15) is 63.0 Å². The Morgan fingerprint density at radius 3 is 2.29 bits per heavy atom. The molecule has 1 saturated carbocycles. The van der Waals surface area contributed by atoms with Gasteiger partial charge >= 0.3 is 12.1 Å². The molecule has 0 aromatic heterocycles. The summed E-state index contributed by atoms with van der Waals surface area (Å²) in [6, 6.07) is 16.0. The first-order valence-corrected chi connectivity index (χ1v) is 12.5. The lowest BCUT2D eigenvalue weighted by molar-refractivity contribution is -0.140. The van der Waals surface area contributed by atoms with Crippen molar-refractivity contribution >= 4 is 18.0 Å². The van der Waals surface area contributed by atoms with Crippen LogP contribution in [0.5, 0.6) is 0 Å². The summed E-state index contributed by atoms with van der Waals surface area (Å²) in [6.45, 7) is 4.34. The van der Waals surface area contributed by atoms with Gasteiger partial charge in [-0.2, -0.15) is 0 Å². The van der Waals surface area contributed by atoms with E-state index in [0.29, 0.717) is 13.0 Å². The standard InChI is InChI=1S/C28H34N2O5/c1-3-30(18(2)15-27(32)33)26(31)16-19-9-8-14-25(19)29-28(34)35-17-24-22-12-6-4-10-20(22)21-11-5-7-13-23(21)24/h4-7,10-13,18-19,24-25H,3,8-9,14-17H2,1-2H3,(H,29,34)(H,32,33). The van der Waals surface area contributed by atoms with E-state index in [-0.39, 0.29) is 42.9 Å². The molecule has 7 heteroatoms. The number of alkyl carbamates (subject to hydrolysis) is 1. The third kappa shape index (κ3) is 5.50. The van der Waals surface area contributed by atoms with Crippen LogP contribution in [0.4, 0.5) is 4.79 Å². The minimum atomic E-state index is -0.917.